The van der Waals surface area contributed by atoms with Crippen LogP contribution >= 0.6 is 11.3 Å². The number of nitrogens with zero attached hydrogens (tertiary/aromatic N) is 4. The SMILES string of the molecule is CCn1c(CNC(=O)CCn2cnc3scc(-c4ccc(C)cc4)c3c2=O)nc2ccccc21. The Morgan fingerprint density at radius 3 is 2.71 bits per heavy atom. The lowest BCUT2D eigenvalue weighted by molar-refractivity contribution is -0.121. The number of fused-ring (bicyclic) bond motifs is 2. The molecule has 0 atom stereocenters. The van der Waals surface area contributed by atoms with Gasteiger partial charge in [-0.2, -0.15) is 0 Å². The van der Waals surface area contributed by atoms with Crippen LogP contribution < -0.4 is 10.9 Å². The molecule has 3 aromatic heterocycles. The van der Waals surface area contributed by atoms with E-state index in [0.29, 0.717) is 16.8 Å². The summed E-state index contributed by atoms with van der Waals surface area (Å²) in [7, 11) is 0. The molecule has 34 heavy (non-hydrogen) atoms. The molecule has 0 aliphatic rings. The Kier molecular flexibility index (Phi) is 5.98. The van der Waals surface area contributed by atoms with E-state index < -0.39 is 0 Å². The minimum Gasteiger partial charge on any atom is -0.349 e. The van der Waals surface area contributed by atoms with Crippen molar-refractivity contribution in [1.82, 2.24) is 24.4 Å². The molecule has 1 N–H and O–H groups in total. The molecule has 3 heterocycles. The lowest BCUT2D eigenvalue weighted by atomic mass is 10.1. The molecule has 0 spiro atoms. The second kappa shape index (κ2) is 9.23. The van der Waals surface area contributed by atoms with Gasteiger partial charge in [-0.25, -0.2) is 9.97 Å². The van der Waals surface area contributed by atoms with E-state index in [4.69, 9.17) is 0 Å². The summed E-state index contributed by atoms with van der Waals surface area (Å²) in [5.41, 5.74) is 4.89. The molecule has 0 saturated heterocycles. The largest absolute Gasteiger partial charge is 0.349 e. The molecule has 1 amide bonds. The minimum absolute atomic E-state index is 0.123. The van der Waals surface area contributed by atoms with Crippen molar-refractivity contribution in [2.75, 3.05) is 0 Å². The quantitative estimate of drug-likeness (QED) is 0.379. The van der Waals surface area contributed by atoms with E-state index in [0.717, 1.165) is 34.5 Å². The maximum absolute atomic E-state index is 13.2. The average Bonchev–Trinajstić information content (AvgIpc) is 3.44. The van der Waals surface area contributed by atoms with Crippen molar-refractivity contribution in [2.24, 2.45) is 0 Å². The first kappa shape index (κ1) is 22.0. The first-order valence-electron chi connectivity index (χ1n) is 11.3. The fourth-order valence-electron chi connectivity index (χ4n) is 4.17. The number of carbonyl (C=O) groups excluding carboxylic acids is 1. The number of imidazole rings is 1. The van der Waals surface area contributed by atoms with E-state index in [1.807, 2.05) is 60.8 Å². The van der Waals surface area contributed by atoms with Crippen LogP contribution in [0.25, 0.3) is 32.4 Å². The first-order chi connectivity index (χ1) is 16.5. The molecule has 0 radical (unpaired) electrons. The van der Waals surface area contributed by atoms with Crippen LogP contribution in [0.5, 0.6) is 0 Å². The molecule has 0 aliphatic carbocycles. The monoisotopic (exact) mass is 471 g/mol. The van der Waals surface area contributed by atoms with Gasteiger partial charge in [-0.3, -0.25) is 14.2 Å². The summed E-state index contributed by atoms with van der Waals surface area (Å²) in [5.74, 6) is 0.684. The summed E-state index contributed by atoms with van der Waals surface area (Å²) in [5, 5.41) is 5.52. The van der Waals surface area contributed by atoms with Gasteiger partial charge in [0.25, 0.3) is 5.56 Å². The summed E-state index contributed by atoms with van der Waals surface area (Å²) in [6.45, 7) is 5.48. The number of carbonyl (C=O) groups is 1. The highest BCUT2D eigenvalue weighted by Crippen LogP contribution is 2.30. The highest BCUT2D eigenvalue weighted by molar-refractivity contribution is 7.17. The molecule has 5 aromatic rings. The highest BCUT2D eigenvalue weighted by atomic mass is 32.1. The molecule has 2 aromatic carbocycles. The van der Waals surface area contributed by atoms with Crippen LogP contribution in [0.1, 0.15) is 24.7 Å². The number of para-hydroxylation sites is 2. The lowest BCUT2D eigenvalue weighted by Crippen LogP contribution is -2.28. The topological polar surface area (TPSA) is 81.8 Å². The smallest absolute Gasteiger partial charge is 0.262 e. The zero-order valence-electron chi connectivity index (χ0n) is 19.1. The normalized spacial score (nSPS) is 11.4. The third kappa shape index (κ3) is 4.12. The van der Waals surface area contributed by atoms with Gasteiger partial charge < -0.3 is 9.88 Å². The number of amides is 1. The molecule has 0 saturated carbocycles. The second-order valence-corrected chi connectivity index (χ2v) is 9.08. The summed E-state index contributed by atoms with van der Waals surface area (Å²) in [4.78, 5) is 35.6. The number of aromatic nitrogens is 4. The third-order valence-corrected chi connectivity index (χ3v) is 6.88. The second-order valence-electron chi connectivity index (χ2n) is 8.23. The maximum atomic E-state index is 13.2. The Hall–Kier alpha value is -3.78. The first-order valence-corrected chi connectivity index (χ1v) is 12.2. The van der Waals surface area contributed by atoms with E-state index in [-0.39, 0.29) is 24.4 Å². The van der Waals surface area contributed by atoms with E-state index in [1.165, 1.54) is 27.8 Å². The van der Waals surface area contributed by atoms with Crippen LogP contribution in [0.15, 0.2) is 65.0 Å². The van der Waals surface area contributed by atoms with E-state index in [2.05, 4.69) is 26.8 Å². The molecular formula is C26H25N5O2S. The highest BCUT2D eigenvalue weighted by Gasteiger charge is 2.15. The molecule has 7 nitrogen and oxygen atoms in total. The summed E-state index contributed by atoms with van der Waals surface area (Å²) >= 11 is 1.46. The van der Waals surface area contributed by atoms with Gasteiger partial charge in [0, 0.05) is 30.5 Å². The van der Waals surface area contributed by atoms with E-state index >= 15 is 0 Å². The molecule has 5 rings (SSSR count). The van der Waals surface area contributed by atoms with Gasteiger partial charge in [-0.15, -0.1) is 11.3 Å². The van der Waals surface area contributed by atoms with Gasteiger partial charge >= 0.3 is 0 Å². The predicted molar refractivity (Wildman–Crippen MR) is 136 cm³/mol. The van der Waals surface area contributed by atoms with Gasteiger partial charge in [-0.1, -0.05) is 42.0 Å². The number of hydrogen-bond acceptors (Lipinski definition) is 5. The van der Waals surface area contributed by atoms with E-state index in [9.17, 15) is 9.59 Å². The molecule has 0 bridgehead atoms. The van der Waals surface area contributed by atoms with Crippen molar-refractivity contribution in [3.8, 4) is 11.1 Å². The predicted octanol–water partition coefficient (Wildman–Crippen LogP) is 4.51. The Morgan fingerprint density at radius 2 is 1.91 bits per heavy atom. The Balaban J connectivity index is 1.30. The fourth-order valence-corrected chi connectivity index (χ4v) is 5.08. The Labute approximate surface area is 200 Å². The summed E-state index contributed by atoms with van der Waals surface area (Å²) in [6.07, 6.45) is 1.72. The van der Waals surface area contributed by atoms with Crippen LogP contribution in [0.4, 0.5) is 0 Å². The molecular weight excluding hydrogens is 446 g/mol. The third-order valence-electron chi connectivity index (χ3n) is 6.00. The van der Waals surface area contributed by atoms with Crippen LogP contribution in [-0.4, -0.2) is 25.0 Å². The Morgan fingerprint density at radius 1 is 1.12 bits per heavy atom. The van der Waals surface area contributed by atoms with Gasteiger partial charge in [0.1, 0.15) is 10.7 Å². The molecule has 172 valence electrons. The Bertz CT molecular complexity index is 1550. The average molecular weight is 472 g/mol. The zero-order chi connectivity index (χ0) is 23.7. The zero-order valence-corrected chi connectivity index (χ0v) is 19.9. The van der Waals surface area contributed by atoms with Crippen molar-refractivity contribution in [3.05, 3.63) is 82.0 Å². The van der Waals surface area contributed by atoms with Gasteiger partial charge in [-0.05, 0) is 31.5 Å². The summed E-state index contributed by atoms with van der Waals surface area (Å²) in [6, 6.07) is 16.0. The standard InChI is InChI=1S/C26H25N5O2S/c1-3-31-21-7-5-4-6-20(21)29-22(31)14-27-23(32)12-13-30-16-28-25-24(26(30)33)19(15-34-25)18-10-8-17(2)9-11-18/h4-11,15-16H,3,12-14H2,1-2H3,(H,27,32). The number of rotatable bonds is 7. The molecule has 0 aliphatic heterocycles. The van der Waals surface area contributed by atoms with Crippen LogP contribution in [-0.2, 0) is 24.4 Å². The van der Waals surface area contributed by atoms with Crippen molar-refractivity contribution in [1.29, 1.82) is 0 Å². The minimum atomic E-state index is -0.134. The number of nitrogens with one attached hydrogen (secondary N) is 1. The summed E-state index contributed by atoms with van der Waals surface area (Å²) < 4.78 is 3.62. The number of hydrogen-bond donors (Lipinski definition) is 1. The maximum Gasteiger partial charge on any atom is 0.262 e. The molecule has 0 fully saturated rings. The fraction of sp³-hybridized carbons (Fsp3) is 0.231. The van der Waals surface area contributed by atoms with Gasteiger partial charge in [0.15, 0.2) is 0 Å². The molecule has 0 unspecified atom stereocenters. The number of aryl methyl sites for hydroxylation is 3. The van der Waals surface area contributed by atoms with E-state index in [1.54, 1.807) is 0 Å². The van der Waals surface area contributed by atoms with Gasteiger partial charge in [0.05, 0.1) is 29.3 Å². The van der Waals surface area contributed by atoms with Crippen LogP contribution in [0.3, 0.4) is 0 Å². The van der Waals surface area contributed by atoms with Crippen molar-refractivity contribution >= 4 is 38.5 Å². The van der Waals surface area contributed by atoms with Gasteiger partial charge in [0.2, 0.25) is 5.91 Å². The number of thiophene rings is 1. The molecule has 8 heteroatoms. The van der Waals surface area contributed by atoms with Crippen molar-refractivity contribution < 1.29 is 4.79 Å². The van der Waals surface area contributed by atoms with Crippen molar-refractivity contribution in [3.63, 3.8) is 0 Å². The number of benzene rings is 2. The lowest BCUT2D eigenvalue weighted by Gasteiger charge is -2.09. The van der Waals surface area contributed by atoms with Crippen LogP contribution in [0.2, 0.25) is 0 Å². The van der Waals surface area contributed by atoms with Crippen molar-refractivity contribution in [2.45, 2.75) is 39.9 Å². The van der Waals surface area contributed by atoms with Crippen LogP contribution in [0, 0.1) is 6.92 Å².